The first-order valence-electron chi connectivity index (χ1n) is 6.02. The van der Waals surface area contributed by atoms with Crippen LogP contribution in [0.15, 0.2) is 54.6 Å². The lowest BCUT2D eigenvalue weighted by Crippen LogP contribution is -2.23. The molecule has 2 aromatic rings. The third-order valence-corrected chi connectivity index (χ3v) is 3.79. The average molecular weight is 305 g/mol. The lowest BCUT2D eigenvalue weighted by molar-refractivity contribution is 0.0962. The Labute approximate surface area is 126 Å². The van der Waals surface area contributed by atoms with Gasteiger partial charge in [-0.1, -0.05) is 48.0 Å². The molecule has 3 rings (SSSR count). The predicted octanol–water partition coefficient (Wildman–Crippen LogP) is 4.87. The Morgan fingerprint density at radius 1 is 1.10 bits per heavy atom. The number of benzene rings is 2. The quantitative estimate of drug-likeness (QED) is 0.703. The van der Waals surface area contributed by atoms with E-state index in [2.05, 4.69) is 6.58 Å². The van der Waals surface area contributed by atoms with E-state index in [1.807, 2.05) is 6.07 Å². The summed E-state index contributed by atoms with van der Waals surface area (Å²) in [6.07, 6.45) is -0.581. The van der Waals surface area contributed by atoms with Crippen molar-refractivity contribution < 1.29 is 9.53 Å². The van der Waals surface area contributed by atoms with Gasteiger partial charge >= 0.3 is 0 Å². The third-order valence-electron chi connectivity index (χ3n) is 3.23. The fourth-order valence-electron chi connectivity index (χ4n) is 2.21. The van der Waals surface area contributed by atoms with Crippen LogP contribution in [0, 0.1) is 0 Å². The molecule has 0 saturated heterocycles. The lowest BCUT2D eigenvalue weighted by atomic mass is 9.92. The topological polar surface area (TPSA) is 26.3 Å². The van der Waals surface area contributed by atoms with Crippen molar-refractivity contribution in [1.82, 2.24) is 0 Å². The molecule has 1 heterocycles. The van der Waals surface area contributed by atoms with Gasteiger partial charge < -0.3 is 4.74 Å². The lowest BCUT2D eigenvalue weighted by Gasteiger charge is -2.27. The van der Waals surface area contributed by atoms with E-state index < -0.39 is 6.10 Å². The first-order chi connectivity index (χ1) is 9.58. The van der Waals surface area contributed by atoms with Gasteiger partial charge in [0.2, 0.25) is 0 Å². The second-order valence-electron chi connectivity index (χ2n) is 4.51. The van der Waals surface area contributed by atoms with E-state index in [1.54, 1.807) is 36.4 Å². The van der Waals surface area contributed by atoms with Crippen molar-refractivity contribution in [2.45, 2.75) is 6.10 Å². The monoisotopic (exact) mass is 304 g/mol. The first kappa shape index (κ1) is 13.2. The molecule has 1 atom stereocenters. The Balaban J connectivity index is 2.08. The minimum Gasteiger partial charge on any atom is -0.480 e. The largest absolute Gasteiger partial charge is 0.480 e. The highest BCUT2D eigenvalue weighted by Crippen LogP contribution is 2.40. The van der Waals surface area contributed by atoms with Crippen LogP contribution in [-0.4, -0.2) is 5.78 Å². The van der Waals surface area contributed by atoms with Crippen LogP contribution in [0.1, 0.15) is 22.0 Å². The van der Waals surface area contributed by atoms with Crippen LogP contribution in [0.4, 0.5) is 0 Å². The Bertz CT molecular complexity index is 722. The van der Waals surface area contributed by atoms with E-state index in [9.17, 15) is 4.79 Å². The van der Waals surface area contributed by atoms with Gasteiger partial charge in [-0.15, -0.1) is 0 Å². The number of ketones is 1. The van der Waals surface area contributed by atoms with Gasteiger partial charge in [0.05, 0.1) is 5.56 Å². The molecule has 2 aromatic carbocycles. The zero-order valence-electron chi connectivity index (χ0n) is 10.4. The molecular formula is C16H10Cl2O2. The van der Waals surface area contributed by atoms with Crippen molar-refractivity contribution in [2.24, 2.45) is 0 Å². The number of rotatable bonds is 1. The standard InChI is InChI=1S/C16H10Cl2O2/c1-9-15(19)12-4-2-3-5-14(12)20-16(9)11-7-6-10(17)8-13(11)18/h2-8,16H,1H2. The van der Waals surface area contributed by atoms with Crippen molar-refractivity contribution in [3.8, 4) is 5.75 Å². The number of carbonyl (C=O) groups is 1. The fourth-order valence-corrected chi connectivity index (χ4v) is 2.72. The molecule has 0 amide bonds. The van der Waals surface area contributed by atoms with Crippen LogP contribution >= 0.6 is 23.2 Å². The predicted molar refractivity (Wildman–Crippen MR) is 79.7 cm³/mol. The molecule has 0 spiro atoms. The summed E-state index contributed by atoms with van der Waals surface area (Å²) in [5.74, 6) is 0.420. The third kappa shape index (κ3) is 2.11. The number of Topliss-reactive ketones (excluding diaryl/α,β-unsaturated/α-hetero) is 1. The number of para-hydroxylation sites is 1. The summed E-state index contributed by atoms with van der Waals surface area (Å²) in [4.78, 5) is 12.3. The molecule has 2 nitrogen and oxygen atoms in total. The van der Waals surface area contributed by atoms with Gasteiger partial charge in [-0.05, 0) is 24.3 Å². The molecule has 1 aliphatic heterocycles. The average Bonchev–Trinajstić information content (AvgIpc) is 2.43. The molecule has 1 aliphatic rings. The van der Waals surface area contributed by atoms with Crippen molar-refractivity contribution in [2.75, 3.05) is 0 Å². The molecule has 0 saturated carbocycles. The van der Waals surface area contributed by atoms with E-state index in [-0.39, 0.29) is 5.78 Å². The Morgan fingerprint density at radius 3 is 2.60 bits per heavy atom. The van der Waals surface area contributed by atoms with E-state index in [1.165, 1.54) is 0 Å². The second-order valence-corrected chi connectivity index (χ2v) is 5.36. The maximum atomic E-state index is 12.3. The van der Waals surface area contributed by atoms with E-state index in [4.69, 9.17) is 27.9 Å². The smallest absolute Gasteiger partial charge is 0.196 e. The molecule has 0 N–H and O–H groups in total. The Morgan fingerprint density at radius 2 is 1.85 bits per heavy atom. The Hall–Kier alpha value is -1.77. The van der Waals surface area contributed by atoms with Gasteiger partial charge in [0.15, 0.2) is 11.9 Å². The van der Waals surface area contributed by atoms with E-state index in [0.29, 0.717) is 32.5 Å². The van der Waals surface area contributed by atoms with Gasteiger partial charge in [0, 0.05) is 21.2 Å². The number of carbonyl (C=O) groups excluding carboxylic acids is 1. The molecule has 20 heavy (non-hydrogen) atoms. The number of ether oxygens (including phenoxy) is 1. The molecule has 0 fully saturated rings. The molecule has 0 radical (unpaired) electrons. The zero-order chi connectivity index (χ0) is 14.3. The van der Waals surface area contributed by atoms with Crippen LogP contribution in [0.25, 0.3) is 0 Å². The molecule has 4 heteroatoms. The fraction of sp³-hybridized carbons (Fsp3) is 0.0625. The van der Waals surface area contributed by atoms with Crippen molar-refractivity contribution in [3.05, 3.63) is 75.8 Å². The van der Waals surface area contributed by atoms with Crippen LogP contribution < -0.4 is 4.74 Å². The van der Waals surface area contributed by atoms with Crippen LogP contribution in [0.5, 0.6) is 5.75 Å². The summed E-state index contributed by atoms with van der Waals surface area (Å²) in [5, 5.41) is 0.989. The summed E-state index contributed by atoms with van der Waals surface area (Å²) in [7, 11) is 0. The zero-order valence-corrected chi connectivity index (χ0v) is 11.9. The molecular weight excluding hydrogens is 295 g/mol. The minimum atomic E-state index is -0.581. The summed E-state index contributed by atoms with van der Waals surface area (Å²) < 4.78 is 5.87. The molecule has 0 aromatic heterocycles. The van der Waals surface area contributed by atoms with Crippen LogP contribution in [-0.2, 0) is 0 Å². The van der Waals surface area contributed by atoms with Crippen molar-refractivity contribution in [1.29, 1.82) is 0 Å². The molecule has 0 bridgehead atoms. The second kappa shape index (κ2) is 4.97. The maximum absolute atomic E-state index is 12.3. The molecule has 0 aliphatic carbocycles. The summed E-state index contributed by atoms with van der Waals surface area (Å²) in [5.41, 5.74) is 1.58. The van der Waals surface area contributed by atoms with Crippen molar-refractivity contribution >= 4 is 29.0 Å². The first-order valence-corrected chi connectivity index (χ1v) is 6.77. The normalized spacial score (nSPS) is 17.6. The highest BCUT2D eigenvalue weighted by molar-refractivity contribution is 6.35. The van der Waals surface area contributed by atoms with E-state index in [0.717, 1.165) is 0 Å². The van der Waals surface area contributed by atoms with Gasteiger partial charge in [-0.25, -0.2) is 0 Å². The summed E-state index contributed by atoms with van der Waals surface area (Å²) >= 11 is 12.1. The summed E-state index contributed by atoms with van der Waals surface area (Å²) in [6.45, 7) is 3.85. The van der Waals surface area contributed by atoms with Crippen LogP contribution in [0.2, 0.25) is 10.0 Å². The van der Waals surface area contributed by atoms with Gasteiger partial charge in [0.25, 0.3) is 0 Å². The molecule has 1 unspecified atom stereocenters. The number of hydrogen-bond donors (Lipinski definition) is 0. The molecule has 100 valence electrons. The van der Waals surface area contributed by atoms with E-state index >= 15 is 0 Å². The maximum Gasteiger partial charge on any atom is 0.196 e. The van der Waals surface area contributed by atoms with Crippen LogP contribution in [0.3, 0.4) is 0 Å². The van der Waals surface area contributed by atoms with Crippen molar-refractivity contribution in [3.63, 3.8) is 0 Å². The summed E-state index contributed by atoms with van der Waals surface area (Å²) in [6, 6.07) is 12.2. The minimum absolute atomic E-state index is 0.122. The number of fused-ring (bicyclic) bond motifs is 1. The highest BCUT2D eigenvalue weighted by atomic mass is 35.5. The SMILES string of the molecule is C=C1C(=O)c2ccccc2OC1c1ccc(Cl)cc1Cl. The Kier molecular flexibility index (Phi) is 3.28. The van der Waals surface area contributed by atoms with Gasteiger partial charge in [-0.2, -0.15) is 0 Å². The van der Waals surface area contributed by atoms with Gasteiger partial charge in [-0.3, -0.25) is 4.79 Å². The highest BCUT2D eigenvalue weighted by Gasteiger charge is 2.32. The number of halogens is 2. The number of hydrogen-bond acceptors (Lipinski definition) is 2. The van der Waals surface area contributed by atoms with Gasteiger partial charge in [0.1, 0.15) is 5.75 Å².